The summed E-state index contributed by atoms with van der Waals surface area (Å²) in [6.07, 6.45) is 4.58. The van der Waals surface area contributed by atoms with Gasteiger partial charge in [0.1, 0.15) is 5.75 Å². The van der Waals surface area contributed by atoms with Crippen molar-refractivity contribution in [1.82, 2.24) is 25.6 Å². The van der Waals surface area contributed by atoms with E-state index in [1.54, 1.807) is 13.3 Å². The SMILES string of the molecule is COc1ccccc1C(CC(C)C)NC(=O)c1cn(C2CCNCC2)nn1.Cl. The van der Waals surface area contributed by atoms with Crippen LogP contribution in [0.2, 0.25) is 0 Å². The smallest absolute Gasteiger partial charge is 0.273 e. The van der Waals surface area contributed by atoms with Crippen LogP contribution in [0.25, 0.3) is 0 Å². The van der Waals surface area contributed by atoms with Gasteiger partial charge in [-0.3, -0.25) is 4.79 Å². The molecule has 0 spiro atoms. The van der Waals surface area contributed by atoms with Gasteiger partial charge in [-0.15, -0.1) is 17.5 Å². The van der Waals surface area contributed by atoms with Gasteiger partial charge in [-0.1, -0.05) is 37.3 Å². The lowest BCUT2D eigenvalue weighted by atomic mass is 9.96. The predicted molar refractivity (Wildman–Crippen MR) is 111 cm³/mol. The van der Waals surface area contributed by atoms with E-state index in [-0.39, 0.29) is 24.4 Å². The Bertz CT molecular complexity index is 759. The monoisotopic (exact) mass is 407 g/mol. The average Bonchev–Trinajstić information content (AvgIpc) is 3.18. The molecule has 7 nitrogen and oxygen atoms in total. The molecule has 1 fully saturated rings. The minimum Gasteiger partial charge on any atom is -0.496 e. The maximum absolute atomic E-state index is 12.8. The number of piperidine rings is 1. The van der Waals surface area contributed by atoms with Gasteiger partial charge in [0.15, 0.2) is 5.69 Å². The second kappa shape index (κ2) is 10.4. The fraction of sp³-hybridized carbons (Fsp3) is 0.550. The Balaban J connectivity index is 0.00000280. The fourth-order valence-electron chi connectivity index (χ4n) is 3.55. The van der Waals surface area contributed by atoms with Crippen LogP contribution in [0.15, 0.2) is 30.5 Å². The molecule has 1 atom stereocenters. The number of aromatic nitrogens is 3. The third kappa shape index (κ3) is 5.45. The minimum atomic E-state index is -0.202. The average molecular weight is 408 g/mol. The summed E-state index contributed by atoms with van der Waals surface area (Å²) in [6, 6.07) is 7.98. The maximum Gasteiger partial charge on any atom is 0.273 e. The van der Waals surface area contributed by atoms with E-state index < -0.39 is 0 Å². The van der Waals surface area contributed by atoms with Crippen LogP contribution in [0.5, 0.6) is 5.75 Å². The first-order chi connectivity index (χ1) is 13.1. The zero-order valence-electron chi connectivity index (χ0n) is 16.7. The van der Waals surface area contributed by atoms with Crippen molar-refractivity contribution in [2.75, 3.05) is 20.2 Å². The van der Waals surface area contributed by atoms with Crippen molar-refractivity contribution in [2.24, 2.45) is 5.92 Å². The van der Waals surface area contributed by atoms with Crippen LogP contribution in [-0.2, 0) is 0 Å². The van der Waals surface area contributed by atoms with E-state index >= 15 is 0 Å². The molecule has 1 aliphatic rings. The molecule has 1 unspecified atom stereocenters. The number of nitrogens with zero attached hydrogens (tertiary/aromatic N) is 3. The summed E-state index contributed by atoms with van der Waals surface area (Å²) >= 11 is 0. The number of nitrogens with one attached hydrogen (secondary N) is 2. The molecule has 1 aromatic carbocycles. The Hall–Kier alpha value is -2.12. The molecule has 154 valence electrons. The fourth-order valence-corrected chi connectivity index (χ4v) is 3.55. The van der Waals surface area contributed by atoms with Crippen LogP contribution < -0.4 is 15.4 Å². The van der Waals surface area contributed by atoms with Crippen molar-refractivity contribution in [3.05, 3.63) is 41.7 Å². The second-order valence-corrected chi connectivity index (χ2v) is 7.46. The highest BCUT2D eigenvalue weighted by molar-refractivity contribution is 5.92. The first kappa shape index (κ1) is 22.2. The first-order valence-corrected chi connectivity index (χ1v) is 9.64. The second-order valence-electron chi connectivity index (χ2n) is 7.46. The van der Waals surface area contributed by atoms with Crippen LogP contribution in [-0.4, -0.2) is 41.1 Å². The van der Waals surface area contributed by atoms with Crippen molar-refractivity contribution in [1.29, 1.82) is 0 Å². The highest BCUT2D eigenvalue weighted by atomic mass is 35.5. The number of methoxy groups -OCH3 is 1. The summed E-state index contributed by atoms with van der Waals surface area (Å²) in [5.74, 6) is 0.999. The van der Waals surface area contributed by atoms with E-state index in [9.17, 15) is 4.79 Å². The van der Waals surface area contributed by atoms with Gasteiger partial charge in [-0.25, -0.2) is 4.68 Å². The third-order valence-corrected chi connectivity index (χ3v) is 4.95. The normalized spacial score (nSPS) is 15.7. The largest absolute Gasteiger partial charge is 0.496 e. The number of halogens is 1. The molecule has 28 heavy (non-hydrogen) atoms. The number of para-hydroxylation sites is 1. The van der Waals surface area contributed by atoms with Crippen LogP contribution in [0.1, 0.15) is 61.2 Å². The van der Waals surface area contributed by atoms with Crippen molar-refractivity contribution in [3.63, 3.8) is 0 Å². The van der Waals surface area contributed by atoms with E-state index in [1.807, 2.05) is 28.9 Å². The highest BCUT2D eigenvalue weighted by Gasteiger charge is 2.23. The third-order valence-electron chi connectivity index (χ3n) is 4.95. The van der Waals surface area contributed by atoms with Gasteiger partial charge in [0.25, 0.3) is 5.91 Å². The molecule has 2 heterocycles. The highest BCUT2D eigenvalue weighted by Crippen LogP contribution is 2.29. The summed E-state index contributed by atoms with van der Waals surface area (Å²) in [5, 5.41) is 14.8. The zero-order valence-corrected chi connectivity index (χ0v) is 17.5. The molecule has 1 aromatic heterocycles. The quantitative estimate of drug-likeness (QED) is 0.736. The first-order valence-electron chi connectivity index (χ1n) is 9.64. The molecule has 1 saturated heterocycles. The molecule has 0 radical (unpaired) electrons. The molecule has 0 aliphatic carbocycles. The number of ether oxygens (including phenoxy) is 1. The Labute approximate surface area is 172 Å². The van der Waals surface area contributed by atoms with Crippen LogP contribution in [0.3, 0.4) is 0 Å². The molecule has 2 aromatic rings. The van der Waals surface area contributed by atoms with E-state index in [2.05, 4.69) is 34.8 Å². The molecule has 1 aliphatic heterocycles. The lowest BCUT2D eigenvalue weighted by molar-refractivity contribution is 0.0926. The number of amides is 1. The molecular weight excluding hydrogens is 378 g/mol. The topological polar surface area (TPSA) is 81.1 Å². The van der Waals surface area contributed by atoms with Crippen molar-refractivity contribution >= 4 is 18.3 Å². The molecule has 2 N–H and O–H groups in total. The van der Waals surface area contributed by atoms with Gasteiger partial charge in [-0.2, -0.15) is 0 Å². The number of benzene rings is 1. The van der Waals surface area contributed by atoms with Crippen LogP contribution >= 0.6 is 12.4 Å². The van der Waals surface area contributed by atoms with E-state index in [0.29, 0.717) is 17.7 Å². The van der Waals surface area contributed by atoms with Crippen molar-refractivity contribution in [3.8, 4) is 5.75 Å². The van der Waals surface area contributed by atoms with Crippen molar-refractivity contribution in [2.45, 2.75) is 45.2 Å². The van der Waals surface area contributed by atoms with Crippen LogP contribution in [0.4, 0.5) is 0 Å². The lowest BCUT2D eigenvalue weighted by Gasteiger charge is -2.23. The number of carbonyl (C=O) groups excluding carboxylic acids is 1. The van der Waals surface area contributed by atoms with Gasteiger partial charge in [-0.05, 0) is 44.3 Å². The molecule has 0 saturated carbocycles. The van der Waals surface area contributed by atoms with E-state index in [4.69, 9.17) is 4.74 Å². The van der Waals surface area contributed by atoms with Gasteiger partial charge in [0, 0.05) is 5.56 Å². The Morgan fingerprint density at radius 1 is 1.32 bits per heavy atom. The maximum atomic E-state index is 12.8. The van der Waals surface area contributed by atoms with Crippen LogP contribution in [0, 0.1) is 5.92 Å². The summed E-state index contributed by atoms with van der Waals surface area (Å²) in [7, 11) is 1.65. The zero-order chi connectivity index (χ0) is 19.2. The molecule has 8 heteroatoms. The summed E-state index contributed by atoms with van der Waals surface area (Å²) < 4.78 is 7.32. The summed E-state index contributed by atoms with van der Waals surface area (Å²) in [6.45, 7) is 6.22. The number of rotatable bonds is 7. The lowest BCUT2D eigenvalue weighted by Crippen LogP contribution is -2.30. The molecule has 1 amide bonds. The molecule has 0 bridgehead atoms. The Kier molecular flexibility index (Phi) is 8.26. The van der Waals surface area contributed by atoms with Crippen molar-refractivity contribution < 1.29 is 9.53 Å². The summed E-state index contributed by atoms with van der Waals surface area (Å²) in [5.41, 5.74) is 1.34. The number of carbonyl (C=O) groups is 1. The summed E-state index contributed by atoms with van der Waals surface area (Å²) in [4.78, 5) is 12.8. The molecule has 3 rings (SSSR count). The number of hydrogen-bond donors (Lipinski definition) is 2. The van der Waals surface area contributed by atoms with E-state index in [0.717, 1.165) is 43.7 Å². The predicted octanol–water partition coefficient (Wildman–Crippen LogP) is 3.15. The van der Waals surface area contributed by atoms with Gasteiger partial charge in [0.05, 0.1) is 25.4 Å². The van der Waals surface area contributed by atoms with E-state index in [1.165, 1.54) is 0 Å². The van der Waals surface area contributed by atoms with Gasteiger partial charge in [0.2, 0.25) is 0 Å². The minimum absolute atomic E-state index is 0. The standard InChI is InChI=1S/C20H29N5O2.ClH/c1-14(2)12-17(16-6-4-5-7-19(16)27-3)22-20(26)18-13-25(24-23-18)15-8-10-21-11-9-15;/h4-7,13-15,17,21H,8-12H2,1-3H3,(H,22,26);1H. The number of hydrogen-bond acceptors (Lipinski definition) is 5. The Morgan fingerprint density at radius 3 is 2.71 bits per heavy atom. The van der Waals surface area contributed by atoms with Gasteiger partial charge < -0.3 is 15.4 Å². The molecular formula is C20H30ClN5O2. The Morgan fingerprint density at radius 2 is 2.04 bits per heavy atom. The van der Waals surface area contributed by atoms with Gasteiger partial charge >= 0.3 is 0 Å².